The third-order valence-corrected chi connectivity index (χ3v) is 21.7. The van der Waals surface area contributed by atoms with E-state index < -0.39 is 0 Å². The molecule has 23 rings (SSSR count). The lowest BCUT2D eigenvalue weighted by molar-refractivity contribution is 0.288. The van der Waals surface area contributed by atoms with Gasteiger partial charge in [-0.15, -0.1) is 25.5 Å². The Morgan fingerprint density at radius 1 is 0.317 bits per heavy atom. The van der Waals surface area contributed by atoms with Crippen molar-refractivity contribution in [3.63, 3.8) is 0 Å². The van der Waals surface area contributed by atoms with Gasteiger partial charge >= 0.3 is 0 Å². The van der Waals surface area contributed by atoms with Crippen LogP contribution in [0.1, 0.15) is 51.2 Å². The monoisotopic (exact) mass is 1680 g/mol. The number of piperazine rings is 1. The number of rotatable bonds is 18. The normalized spacial score (nSPS) is 12.2. The van der Waals surface area contributed by atoms with Crippen molar-refractivity contribution in [1.29, 1.82) is 0 Å². The standard InChI is InChI=1S/C22H17N5.C21H15N5O.C20H21N7.C18H17N5O.C15H10ClN5/c1-2-5-16(6-3-1)14-19-9-11-21-22(24-19)27(26-25-21)15-17-8-10-20-18(13-17)7-4-12-23-20;1-2-6-17(7-3-1)27-20-11-10-19-21(23-20)26(25-24-19)14-15-8-9-18-16(13-15)5-4-12-22-18;1-25-9-11-26(12-10-25)19-7-6-18-20(22-19)27(24-23-18)14-15-4-5-17-16(13-15)3-2-8-21-17;24-10-2-4-15-6-8-17-18(20-15)23(22-21-17)12-13-5-7-16-14(11-13)3-1-9-19-16;16-14-6-5-13-15(18-14)21(20-19-13)9-10-3-4-12-11(8-10)2-1-7-17-12/h1-13H,14-15H2;1-13H,14H2;2-8,13H,9-12,14H2,1H3;1,3,5-9,11,24H,2,4,10,12H2;1-8H,9H2. The number of likely N-dealkylation sites (N-methyl/N-ethyl adjacent to an activating group) is 1. The number of aliphatic hydroxyl groups is 1. The Morgan fingerprint density at radius 3 is 1.09 bits per heavy atom. The molecule has 0 bridgehead atoms. The average molecular weight is 1680 g/mol. The highest BCUT2D eigenvalue weighted by Crippen LogP contribution is 2.27. The lowest BCUT2D eigenvalue weighted by Crippen LogP contribution is -2.44. The Hall–Kier alpha value is -15.9. The molecule has 30 heteroatoms. The second-order valence-corrected chi connectivity index (χ2v) is 30.7. The highest BCUT2D eigenvalue weighted by atomic mass is 35.5. The molecule has 0 saturated carbocycles. The topological polar surface area (TPSA) is 318 Å². The number of nitrogens with zero attached hydrogens (tertiary/aromatic N) is 27. The van der Waals surface area contributed by atoms with Crippen molar-refractivity contribution in [1.82, 2.24) is 130 Å². The van der Waals surface area contributed by atoms with Gasteiger partial charge in [0.2, 0.25) is 5.88 Å². The van der Waals surface area contributed by atoms with Crippen LogP contribution in [0.2, 0.25) is 5.15 Å². The second kappa shape index (κ2) is 37.2. The fraction of sp³-hybridized carbons (Fsp3) is 0.146. The molecule has 29 nitrogen and oxygen atoms in total. The summed E-state index contributed by atoms with van der Waals surface area (Å²) in [5.41, 5.74) is 21.5. The predicted octanol–water partition coefficient (Wildman–Crippen LogP) is 15.8. The third-order valence-electron chi connectivity index (χ3n) is 21.4. The number of aryl methyl sites for hydroxylation is 1. The number of fused-ring (bicyclic) bond motifs is 10. The molecule has 0 amide bonds. The molecular formula is C96H80ClN27O2. The summed E-state index contributed by atoms with van der Waals surface area (Å²) < 4.78 is 14.9. The van der Waals surface area contributed by atoms with Crippen LogP contribution in [0.15, 0.2) is 304 Å². The zero-order valence-corrected chi connectivity index (χ0v) is 69.1. The van der Waals surface area contributed by atoms with E-state index in [2.05, 4.69) is 193 Å². The van der Waals surface area contributed by atoms with Crippen molar-refractivity contribution < 1.29 is 9.84 Å². The summed E-state index contributed by atoms with van der Waals surface area (Å²) in [7, 11) is 2.16. The van der Waals surface area contributed by atoms with E-state index in [0.29, 0.717) is 61.5 Å². The maximum atomic E-state index is 8.97. The largest absolute Gasteiger partial charge is 0.439 e. The van der Waals surface area contributed by atoms with Gasteiger partial charge in [0.15, 0.2) is 28.2 Å². The minimum absolute atomic E-state index is 0.169. The van der Waals surface area contributed by atoms with Crippen LogP contribution in [0.4, 0.5) is 5.82 Å². The van der Waals surface area contributed by atoms with Gasteiger partial charge in [0, 0.05) is 115 Å². The van der Waals surface area contributed by atoms with Gasteiger partial charge in [-0.25, -0.2) is 43.3 Å². The number of benzene rings is 7. The maximum Gasteiger partial charge on any atom is 0.221 e. The van der Waals surface area contributed by atoms with Crippen LogP contribution in [-0.2, 0) is 45.6 Å². The zero-order valence-electron chi connectivity index (χ0n) is 68.4. The first kappa shape index (κ1) is 79.9. The van der Waals surface area contributed by atoms with Crippen LogP contribution >= 0.6 is 11.6 Å². The molecule has 126 heavy (non-hydrogen) atoms. The van der Waals surface area contributed by atoms with Gasteiger partial charge in [0.05, 0.1) is 60.3 Å². The Balaban J connectivity index is 0.000000103. The molecule has 0 spiro atoms. The van der Waals surface area contributed by atoms with Crippen LogP contribution in [0, 0.1) is 0 Å². The number of aromatic nitrogens is 25. The van der Waals surface area contributed by atoms with Crippen LogP contribution in [0.5, 0.6) is 11.6 Å². The summed E-state index contributed by atoms with van der Waals surface area (Å²) >= 11 is 5.94. The van der Waals surface area contributed by atoms with Crippen molar-refractivity contribution in [2.24, 2.45) is 0 Å². The summed E-state index contributed by atoms with van der Waals surface area (Å²) in [6.45, 7) is 7.31. The summed E-state index contributed by atoms with van der Waals surface area (Å²) in [6.07, 6.45) is 11.3. The van der Waals surface area contributed by atoms with Gasteiger partial charge in [-0.1, -0.05) is 147 Å². The number of ether oxygens (including phenoxy) is 1. The number of para-hydroxylation sites is 1. The molecule has 22 aromatic rings. The molecular weight excluding hydrogens is 1600 g/mol. The third kappa shape index (κ3) is 18.9. The summed E-state index contributed by atoms with van der Waals surface area (Å²) in [5.74, 6) is 2.26. The minimum atomic E-state index is 0.169. The van der Waals surface area contributed by atoms with Gasteiger partial charge in [0.1, 0.15) is 44.3 Å². The Morgan fingerprint density at radius 2 is 0.667 bits per heavy atom. The first-order valence-electron chi connectivity index (χ1n) is 41.2. The van der Waals surface area contributed by atoms with E-state index in [1.54, 1.807) is 40.1 Å². The van der Waals surface area contributed by atoms with Gasteiger partial charge in [-0.3, -0.25) is 24.9 Å². The van der Waals surface area contributed by atoms with Crippen molar-refractivity contribution in [2.75, 3.05) is 44.7 Å². The molecule has 1 N–H and O–H groups in total. The first-order valence-corrected chi connectivity index (χ1v) is 41.6. The Labute approximate surface area is 725 Å². The van der Waals surface area contributed by atoms with Crippen molar-refractivity contribution >= 4 is 128 Å². The average Bonchev–Trinajstić information content (AvgIpc) is 1.67. The number of hydrogen-bond acceptors (Lipinski definition) is 24. The van der Waals surface area contributed by atoms with E-state index in [1.807, 2.05) is 202 Å². The Bertz CT molecular complexity index is 7370. The molecule has 1 saturated heterocycles. The zero-order chi connectivity index (χ0) is 84.9. The fourth-order valence-electron chi connectivity index (χ4n) is 15.0. The maximum absolute atomic E-state index is 8.97. The molecule has 1 fully saturated rings. The fourth-order valence-corrected chi connectivity index (χ4v) is 15.1. The van der Waals surface area contributed by atoms with Crippen LogP contribution in [-0.4, -0.2) is 175 Å². The van der Waals surface area contributed by atoms with E-state index in [4.69, 9.17) is 31.4 Å². The van der Waals surface area contributed by atoms with E-state index >= 15 is 0 Å². The molecule has 15 aromatic heterocycles. The molecule has 16 heterocycles. The molecule has 7 aromatic carbocycles. The number of halogens is 1. The van der Waals surface area contributed by atoms with Gasteiger partial charge < -0.3 is 19.6 Å². The predicted molar refractivity (Wildman–Crippen MR) is 487 cm³/mol. The van der Waals surface area contributed by atoms with Crippen molar-refractivity contribution in [3.05, 3.63) is 354 Å². The number of anilines is 1. The van der Waals surface area contributed by atoms with Gasteiger partial charge in [-0.2, -0.15) is 4.98 Å². The SMILES string of the molecule is CN1CCN(c2ccc3nnn(Cc4ccc5ncccc5c4)c3n2)CC1.Clc1ccc2nnn(Cc3ccc4ncccc4c3)c2n1.OCCCc1ccc2nnn(Cc3ccc4ncccc4c3)c2n1.c1ccc(Cc2ccc3nnn(Cc4ccc5ncccc5c4)c3n2)cc1.c1ccc(Oc2ccc3nnn(Cc4ccc5ncccc5c4)c3n2)cc1. The number of hydrogen-bond donors (Lipinski definition) is 1. The molecule has 1 aliphatic rings. The lowest BCUT2D eigenvalue weighted by Gasteiger charge is -2.33. The number of pyridine rings is 10. The van der Waals surface area contributed by atoms with E-state index in [9.17, 15) is 0 Å². The van der Waals surface area contributed by atoms with Crippen LogP contribution < -0.4 is 9.64 Å². The molecule has 0 radical (unpaired) electrons. The quantitative estimate of drug-likeness (QED) is 0.0780. The van der Waals surface area contributed by atoms with Gasteiger partial charge in [-0.05, 0) is 211 Å². The summed E-state index contributed by atoms with van der Waals surface area (Å²) in [6, 6.07) is 90.2. The van der Waals surface area contributed by atoms with Crippen molar-refractivity contribution in [2.45, 2.75) is 52.0 Å². The highest BCUT2D eigenvalue weighted by molar-refractivity contribution is 6.29. The lowest BCUT2D eigenvalue weighted by atomic mass is 10.1. The molecule has 1 aliphatic heterocycles. The first-order chi connectivity index (χ1) is 62.1. The van der Waals surface area contributed by atoms with Crippen molar-refractivity contribution in [3.8, 4) is 11.6 Å². The van der Waals surface area contributed by atoms with Crippen LogP contribution in [0.3, 0.4) is 0 Å². The highest BCUT2D eigenvalue weighted by Gasteiger charge is 2.20. The minimum Gasteiger partial charge on any atom is -0.439 e. The molecule has 0 aliphatic carbocycles. The molecule has 0 atom stereocenters. The Kier molecular flexibility index (Phi) is 23.6. The summed E-state index contributed by atoms with van der Waals surface area (Å²) in [5, 5.41) is 57.3. The number of aliphatic hydroxyl groups excluding tert-OH is 1. The van der Waals surface area contributed by atoms with Crippen LogP contribution in [0.25, 0.3) is 110 Å². The summed E-state index contributed by atoms with van der Waals surface area (Å²) in [4.78, 5) is 49.7. The molecule has 0 unspecified atom stereocenters. The van der Waals surface area contributed by atoms with E-state index in [-0.39, 0.29) is 6.61 Å². The van der Waals surface area contributed by atoms with E-state index in [0.717, 1.165) is 189 Å². The van der Waals surface area contributed by atoms with E-state index in [1.165, 1.54) is 5.56 Å². The second-order valence-electron chi connectivity index (χ2n) is 30.4. The smallest absolute Gasteiger partial charge is 0.221 e. The molecule has 618 valence electrons. The van der Waals surface area contributed by atoms with Gasteiger partial charge in [0.25, 0.3) is 0 Å².